The Morgan fingerprint density at radius 1 is 0.923 bits per heavy atom. The second-order valence-electron chi connectivity index (χ2n) is 4.90. The Kier molecular flexibility index (Phi) is 8.74. The number of para-hydroxylation sites is 2. The van der Waals surface area contributed by atoms with Crippen LogP contribution in [0.5, 0.6) is 0 Å². The maximum atomic E-state index is 11.3. The lowest BCUT2D eigenvalue weighted by Gasteiger charge is -2.18. The minimum atomic E-state index is -1.09. The first-order valence-electron chi connectivity index (χ1n) is 7.57. The number of ether oxygens (including phenoxy) is 1. The number of benzene rings is 2. The van der Waals surface area contributed by atoms with E-state index in [0.29, 0.717) is 5.69 Å². The van der Waals surface area contributed by atoms with Gasteiger partial charge in [-0.1, -0.05) is 36.4 Å². The molecular weight excluding hydrogens is 340 g/mol. The third-order valence-electron chi connectivity index (χ3n) is 2.97. The van der Waals surface area contributed by atoms with Crippen molar-refractivity contribution in [2.24, 2.45) is 0 Å². The lowest BCUT2D eigenvalue weighted by atomic mass is 10.3. The summed E-state index contributed by atoms with van der Waals surface area (Å²) in [5, 5.41) is 19.7. The molecule has 8 heteroatoms. The molecule has 26 heavy (non-hydrogen) atoms. The van der Waals surface area contributed by atoms with E-state index in [9.17, 15) is 14.4 Å². The summed E-state index contributed by atoms with van der Waals surface area (Å²) in [6.07, 6.45) is -0.691. The van der Waals surface area contributed by atoms with Crippen LogP contribution in [0.3, 0.4) is 0 Å². The number of rotatable bonds is 6. The van der Waals surface area contributed by atoms with Crippen molar-refractivity contribution in [2.75, 3.05) is 30.4 Å². The first-order valence-corrected chi connectivity index (χ1v) is 7.57. The van der Waals surface area contributed by atoms with Crippen molar-refractivity contribution >= 4 is 29.4 Å². The van der Waals surface area contributed by atoms with Gasteiger partial charge in [0.25, 0.3) is 0 Å². The number of carbonyl (C=O) groups excluding carboxylic acids is 1. The van der Waals surface area contributed by atoms with Crippen molar-refractivity contribution in [3.8, 4) is 0 Å². The maximum Gasteiger partial charge on any atom is 0.414 e. The number of carboxylic acid groups (broad SMARTS) is 2. The van der Waals surface area contributed by atoms with Gasteiger partial charge in [-0.05, 0) is 24.3 Å². The highest BCUT2D eigenvalue weighted by molar-refractivity contribution is 5.92. The third kappa shape index (κ3) is 7.82. The number of anilines is 2. The van der Waals surface area contributed by atoms with Crippen LogP contribution in [0.1, 0.15) is 0 Å². The fourth-order valence-electron chi connectivity index (χ4n) is 1.85. The molecule has 2 rings (SSSR count). The normalized spacial score (nSPS) is 9.27. The van der Waals surface area contributed by atoms with E-state index in [2.05, 4.69) is 10.1 Å². The summed E-state index contributed by atoms with van der Waals surface area (Å²) >= 11 is 0. The van der Waals surface area contributed by atoms with Gasteiger partial charge in [-0.15, -0.1) is 0 Å². The zero-order valence-corrected chi connectivity index (χ0v) is 14.2. The molecule has 3 N–H and O–H groups in total. The van der Waals surface area contributed by atoms with E-state index in [-0.39, 0.29) is 6.54 Å². The van der Waals surface area contributed by atoms with Gasteiger partial charge in [-0.3, -0.25) is 14.5 Å². The Bertz CT molecular complexity index is 706. The van der Waals surface area contributed by atoms with Crippen LogP contribution in [-0.2, 0) is 14.3 Å². The van der Waals surface area contributed by atoms with E-state index in [1.165, 1.54) is 7.11 Å². The molecule has 0 atom stereocenters. The van der Waals surface area contributed by atoms with Crippen LogP contribution in [0.2, 0.25) is 0 Å². The Balaban J connectivity index is 0.000000273. The molecule has 0 bridgehead atoms. The van der Waals surface area contributed by atoms with Crippen LogP contribution in [0.4, 0.5) is 16.2 Å². The second-order valence-corrected chi connectivity index (χ2v) is 4.90. The molecule has 8 nitrogen and oxygen atoms in total. The summed E-state index contributed by atoms with van der Waals surface area (Å²) in [7, 11) is 1.21. The number of aliphatic carboxylic acids is 2. The average molecular weight is 360 g/mol. The number of hydrogen-bond donors (Lipinski definition) is 3. The molecule has 1 amide bonds. The number of nitrogens with zero attached hydrogens (tertiary/aromatic N) is 1. The van der Waals surface area contributed by atoms with E-state index in [1.807, 2.05) is 30.3 Å². The molecule has 0 heterocycles. The van der Waals surface area contributed by atoms with Crippen LogP contribution >= 0.6 is 0 Å². The van der Waals surface area contributed by atoms with Crippen LogP contribution < -0.4 is 10.2 Å². The van der Waals surface area contributed by atoms with Gasteiger partial charge in [0.2, 0.25) is 0 Å². The zero-order valence-electron chi connectivity index (χ0n) is 14.2. The molecular formula is C18H20N2O6. The molecule has 0 aliphatic heterocycles. The molecule has 2 aromatic carbocycles. The van der Waals surface area contributed by atoms with Gasteiger partial charge in [0.05, 0.1) is 7.11 Å². The van der Waals surface area contributed by atoms with Crippen molar-refractivity contribution in [1.29, 1.82) is 0 Å². The van der Waals surface area contributed by atoms with Gasteiger partial charge in [0.1, 0.15) is 13.1 Å². The number of nitrogens with one attached hydrogen (secondary N) is 1. The number of hydrogen-bond acceptors (Lipinski definition) is 5. The predicted octanol–water partition coefficient (Wildman–Crippen LogP) is 2.53. The highest BCUT2D eigenvalue weighted by Gasteiger charge is 2.18. The fraction of sp³-hybridized carbons (Fsp3) is 0.167. The number of carboxylic acids is 2. The zero-order chi connectivity index (χ0) is 19.4. The van der Waals surface area contributed by atoms with E-state index in [4.69, 9.17) is 10.2 Å². The summed E-state index contributed by atoms with van der Waals surface area (Å²) < 4.78 is 4.49. The first-order chi connectivity index (χ1) is 12.4. The lowest BCUT2D eigenvalue weighted by molar-refractivity contribution is -0.136. The van der Waals surface area contributed by atoms with Gasteiger partial charge in [0, 0.05) is 11.4 Å². The Morgan fingerprint density at radius 3 is 1.92 bits per heavy atom. The van der Waals surface area contributed by atoms with Gasteiger partial charge in [-0.2, -0.15) is 0 Å². The van der Waals surface area contributed by atoms with Crippen molar-refractivity contribution < 1.29 is 29.3 Å². The minimum Gasteiger partial charge on any atom is -0.480 e. The van der Waals surface area contributed by atoms with Gasteiger partial charge in [0.15, 0.2) is 0 Å². The molecule has 0 spiro atoms. The topological polar surface area (TPSA) is 116 Å². The van der Waals surface area contributed by atoms with Crippen LogP contribution in [0, 0.1) is 0 Å². The second kappa shape index (κ2) is 11.1. The first kappa shape index (κ1) is 20.5. The number of methoxy groups -OCH3 is 1. The van der Waals surface area contributed by atoms with E-state index in [1.54, 1.807) is 30.3 Å². The Hall–Kier alpha value is -3.55. The van der Waals surface area contributed by atoms with Crippen molar-refractivity contribution in [2.45, 2.75) is 0 Å². The summed E-state index contributed by atoms with van der Waals surface area (Å²) in [4.78, 5) is 33.0. The monoisotopic (exact) mass is 360 g/mol. The van der Waals surface area contributed by atoms with E-state index in [0.717, 1.165) is 10.6 Å². The predicted molar refractivity (Wildman–Crippen MR) is 96.4 cm³/mol. The van der Waals surface area contributed by atoms with Crippen LogP contribution in [-0.4, -0.2) is 48.4 Å². The quantitative estimate of drug-likeness (QED) is 0.725. The van der Waals surface area contributed by atoms with Crippen LogP contribution in [0.15, 0.2) is 60.7 Å². The summed E-state index contributed by atoms with van der Waals surface area (Å²) in [6, 6.07) is 17.7. The fourth-order valence-corrected chi connectivity index (χ4v) is 1.85. The van der Waals surface area contributed by atoms with E-state index < -0.39 is 24.6 Å². The van der Waals surface area contributed by atoms with E-state index >= 15 is 0 Å². The van der Waals surface area contributed by atoms with Crippen molar-refractivity contribution in [3.63, 3.8) is 0 Å². The SMILES string of the molecule is COC(=O)N(CC(=O)O)c1ccccc1.O=C(O)CNc1ccccc1. The smallest absolute Gasteiger partial charge is 0.414 e. The molecule has 0 fully saturated rings. The molecule has 0 radical (unpaired) electrons. The average Bonchev–Trinajstić information content (AvgIpc) is 2.66. The van der Waals surface area contributed by atoms with Crippen LogP contribution in [0.25, 0.3) is 0 Å². The molecule has 2 aromatic rings. The minimum absolute atomic E-state index is 0.0377. The number of amides is 1. The largest absolute Gasteiger partial charge is 0.480 e. The Morgan fingerprint density at radius 2 is 1.46 bits per heavy atom. The number of carbonyl (C=O) groups is 3. The summed E-state index contributed by atoms with van der Waals surface area (Å²) in [6.45, 7) is -0.458. The highest BCUT2D eigenvalue weighted by Crippen LogP contribution is 2.13. The molecule has 0 aliphatic rings. The van der Waals surface area contributed by atoms with Crippen molar-refractivity contribution in [3.05, 3.63) is 60.7 Å². The summed E-state index contributed by atoms with van der Waals surface area (Å²) in [5.41, 5.74) is 1.32. The maximum absolute atomic E-state index is 11.3. The molecule has 0 aromatic heterocycles. The summed E-state index contributed by atoms with van der Waals surface area (Å²) in [5.74, 6) is -1.95. The lowest BCUT2D eigenvalue weighted by Crippen LogP contribution is -2.35. The standard InChI is InChI=1S/C10H11NO4.C8H9NO2/c1-15-10(14)11(7-9(12)13)8-5-3-2-4-6-8;10-8(11)6-9-7-4-2-1-3-5-7/h2-6H,7H2,1H3,(H,12,13);1-5,9H,6H2,(H,10,11). The van der Waals surface area contributed by atoms with Gasteiger partial charge < -0.3 is 20.3 Å². The molecule has 0 saturated carbocycles. The van der Waals surface area contributed by atoms with Gasteiger partial charge >= 0.3 is 18.0 Å². The third-order valence-corrected chi connectivity index (χ3v) is 2.97. The van der Waals surface area contributed by atoms with Gasteiger partial charge in [-0.25, -0.2) is 4.79 Å². The highest BCUT2D eigenvalue weighted by atomic mass is 16.5. The molecule has 0 unspecified atom stereocenters. The Labute approximate surface area is 150 Å². The van der Waals surface area contributed by atoms with Crippen molar-refractivity contribution in [1.82, 2.24) is 0 Å². The molecule has 0 aliphatic carbocycles. The molecule has 0 saturated heterocycles. The molecule has 138 valence electrons.